The van der Waals surface area contributed by atoms with Crippen molar-refractivity contribution in [2.45, 2.75) is 19.5 Å². The fraction of sp³-hybridized carbons (Fsp3) is 0.308. The molecule has 2 N–H and O–H groups in total. The lowest BCUT2D eigenvalue weighted by molar-refractivity contribution is 0.248. The molecular weight excluding hydrogens is 258 g/mol. The lowest BCUT2D eigenvalue weighted by atomic mass is 10.3. The molecular formula is C13H17N5O2. The van der Waals surface area contributed by atoms with E-state index in [0.717, 1.165) is 0 Å². The smallest absolute Gasteiger partial charge is 0.319 e. The number of nitrogens with one attached hydrogen (secondary N) is 2. The predicted octanol–water partition coefficient (Wildman–Crippen LogP) is 1.50. The lowest BCUT2D eigenvalue weighted by Gasteiger charge is -2.15. The zero-order chi connectivity index (χ0) is 14.4. The van der Waals surface area contributed by atoms with Gasteiger partial charge in [0.15, 0.2) is 0 Å². The standard InChI is InChI=1S/C13H17N5O2/c1-10(8-18-6-5-14-9-18)16-13(19)17-11-3-4-12(20-2)15-7-11/h3-7,9-10H,8H2,1-2H3,(H2,16,17,19)/t10-/m0/s1. The third-order valence-electron chi connectivity index (χ3n) is 2.62. The Bertz CT molecular complexity index is 538. The van der Waals surface area contributed by atoms with Crippen molar-refractivity contribution in [3.63, 3.8) is 0 Å². The summed E-state index contributed by atoms with van der Waals surface area (Å²) in [5, 5.41) is 5.55. The van der Waals surface area contributed by atoms with Gasteiger partial charge in [-0.3, -0.25) is 0 Å². The van der Waals surface area contributed by atoms with E-state index in [0.29, 0.717) is 18.1 Å². The third-order valence-corrected chi connectivity index (χ3v) is 2.62. The fourth-order valence-corrected chi connectivity index (χ4v) is 1.72. The number of carbonyl (C=O) groups excluding carboxylic acids is 1. The van der Waals surface area contributed by atoms with Gasteiger partial charge in [0, 0.05) is 31.0 Å². The van der Waals surface area contributed by atoms with Gasteiger partial charge in [-0.1, -0.05) is 0 Å². The highest BCUT2D eigenvalue weighted by Crippen LogP contribution is 2.10. The number of imidazole rings is 1. The number of aromatic nitrogens is 3. The molecule has 106 valence electrons. The number of methoxy groups -OCH3 is 1. The molecule has 0 aliphatic rings. The number of carbonyl (C=O) groups is 1. The van der Waals surface area contributed by atoms with Gasteiger partial charge in [0.25, 0.3) is 0 Å². The summed E-state index contributed by atoms with van der Waals surface area (Å²) in [5.41, 5.74) is 0.609. The summed E-state index contributed by atoms with van der Waals surface area (Å²) >= 11 is 0. The Balaban J connectivity index is 1.82. The SMILES string of the molecule is COc1ccc(NC(=O)N[C@@H](C)Cn2ccnc2)cn1. The van der Waals surface area contributed by atoms with Crippen LogP contribution in [0.15, 0.2) is 37.1 Å². The van der Waals surface area contributed by atoms with E-state index < -0.39 is 0 Å². The summed E-state index contributed by atoms with van der Waals surface area (Å²) in [6, 6.07) is 3.12. The summed E-state index contributed by atoms with van der Waals surface area (Å²) < 4.78 is 6.85. The Morgan fingerprint density at radius 3 is 2.95 bits per heavy atom. The molecule has 2 aromatic heterocycles. The predicted molar refractivity (Wildman–Crippen MR) is 74.6 cm³/mol. The van der Waals surface area contributed by atoms with Gasteiger partial charge in [-0.2, -0.15) is 0 Å². The number of urea groups is 1. The molecule has 2 heterocycles. The lowest BCUT2D eigenvalue weighted by Crippen LogP contribution is -2.38. The summed E-state index contributed by atoms with van der Waals surface area (Å²) in [4.78, 5) is 19.8. The molecule has 0 unspecified atom stereocenters. The molecule has 0 aliphatic heterocycles. The van der Waals surface area contributed by atoms with Crippen LogP contribution >= 0.6 is 0 Å². The van der Waals surface area contributed by atoms with Crippen molar-refractivity contribution in [2.24, 2.45) is 0 Å². The molecule has 0 saturated heterocycles. The minimum Gasteiger partial charge on any atom is -0.481 e. The van der Waals surface area contributed by atoms with Crippen LogP contribution in [0.4, 0.5) is 10.5 Å². The number of hydrogen-bond donors (Lipinski definition) is 2. The molecule has 2 aromatic rings. The number of anilines is 1. The number of nitrogens with zero attached hydrogens (tertiary/aromatic N) is 3. The molecule has 2 rings (SSSR count). The molecule has 7 heteroatoms. The van der Waals surface area contributed by atoms with Crippen molar-refractivity contribution in [1.29, 1.82) is 0 Å². The van der Waals surface area contributed by atoms with Gasteiger partial charge < -0.3 is 19.9 Å². The van der Waals surface area contributed by atoms with E-state index in [1.807, 2.05) is 17.7 Å². The first-order valence-electron chi connectivity index (χ1n) is 6.20. The van der Waals surface area contributed by atoms with Gasteiger partial charge in [0.2, 0.25) is 5.88 Å². The Kier molecular flexibility index (Phi) is 4.54. The monoisotopic (exact) mass is 275 g/mol. The van der Waals surface area contributed by atoms with Crippen molar-refractivity contribution < 1.29 is 9.53 Å². The minimum absolute atomic E-state index is 0.0181. The Morgan fingerprint density at radius 1 is 1.50 bits per heavy atom. The number of ether oxygens (including phenoxy) is 1. The topological polar surface area (TPSA) is 81.1 Å². The van der Waals surface area contributed by atoms with Crippen LogP contribution in [0.1, 0.15) is 6.92 Å². The molecule has 20 heavy (non-hydrogen) atoms. The second-order valence-corrected chi connectivity index (χ2v) is 4.35. The molecule has 2 amide bonds. The van der Waals surface area contributed by atoms with Crippen LogP contribution in [-0.4, -0.2) is 33.7 Å². The van der Waals surface area contributed by atoms with Crippen molar-refractivity contribution in [3.8, 4) is 5.88 Å². The van der Waals surface area contributed by atoms with Crippen molar-refractivity contribution in [1.82, 2.24) is 19.9 Å². The number of pyridine rings is 1. The third kappa shape index (κ3) is 3.98. The first kappa shape index (κ1) is 13.9. The number of amides is 2. The first-order valence-corrected chi connectivity index (χ1v) is 6.20. The Hall–Kier alpha value is -2.57. The summed E-state index contributed by atoms with van der Waals surface area (Å²) in [5.74, 6) is 0.504. The van der Waals surface area contributed by atoms with Crippen molar-refractivity contribution in [2.75, 3.05) is 12.4 Å². The minimum atomic E-state index is -0.274. The van der Waals surface area contributed by atoms with Crippen molar-refractivity contribution in [3.05, 3.63) is 37.1 Å². The van der Waals surface area contributed by atoms with E-state index in [4.69, 9.17) is 4.74 Å². The van der Waals surface area contributed by atoms with Gasteiger partial charge >= 0.3 is 6.03 Å². The van der Waals surface area contributed by atoms with Gasteiger partial charge in [-0.05, 0) is 13.0 Å². The second-order valence-electron chi connectivity index (χ2n) is 4.35. The van der Waals surface area contributed by atoms with E-state index in [-0.39, 0.29) is 12.1 Å². The maximum absolute atomic E-state index is 11.8. The molecule has 0 spiro atoms. The Morgan fingerprint density at radius 2 is 2.35 bits per heavy atom. The highest BCUT2D eigenvalue weighted by atomic mass is 16.5. The zero-order valence-electron chi connectivity index (χ0n) is 11.4. The van der Waals surface area contributed by atoms with Crippen LogP contribution < -0.4 is 15.4 Å². The highest BCUT2D eigenvalue weighted by Gasteiger charge is 2.08. The summed E-state index contributed by atoms with van der Waals surface area (Å²) in [6.07, 6.45) is 6.81. The molecule has 0 fully saturated rings. The normalized spacial score (nSPS) is 11.7. The van der Waals surface area contributed by atoms with E-state index in [1.54, 1.807) is 38.0 Å². The molecule has 0 radical (unpaired) electrons. The molecule has 0 bridgehead atoms. The van der Waals surface area contributed by atoms with Crippen LogP contribution in [0.25, 0.3) is 0 Å². The first-order chi connectivity index (χ1) is 9.67. The Labute approximate surface area is 117 Å². The maximum atomic E-state index is 11.8. The van der Waals surface area contributed by atoms with Crippen LogP contribution in [0.2, 0.25) is 0 Å². The van der Waals surface area contributed by atoms with Crippen LogP contribution in [0.3, 0.4) is 0 Å². The van der Waals surface area contributed by atoms with E-state index in [2.05, 4.69) is 20.6 Å². The second kappa shape index (κ2) is 6.55. The molecule has 0 aromatic carbocycles. The summed E-state index contributed by atoms with van der Waals surface area (Å²) in [7, 11) is 1.54. The quantitative estimate of drug-likeness (QED) is 0.866. The molecule has 7 nitrogen and oxygen atoms in total. The van der Waals surface area contributed by atoms with Crippen molar-refractivity contribution >= 4 is 11.7 Å². The van der Waals surface area contributed by atoms with Gasteiger partial charge in [0.05, 0.1) is 25.3 Å². The van der Waals surface area contributed by atoms with E-state index in [1.165, 1.54) is 0 Å². The maximum Gasteiger partial charge on any atom is 0.319 e. The largest absolute Gasteiger partial charge is 0.481 e. The molecule has 0 aliphatic carbocycles. The van der Waals surface area contributed by atoms with Gasteiger partial charge in [-0.25, -0.2) is 14.8 Å². The van der Waals surface area contributed by atoms with Crippen LogP contribution in [-0.2, 0) is 6.54 Å². The molecule has 1 atom stereocenters. The number of hydrogen-bond acceptors (Lipinski definition) is 4. The molecule has 0 saturated carbocycles. The van der Waals surface area contributed by atoms with E-state index in [9.17, 15) is 4.79 Å². The van der Waals surface area contributed by atoms with Crippen LogP contribution in [0, 0.1) is 0 Å². The average molecular weight is 275 g/mol. The average Bonchev–Trinajstić information content (AvgIpc) is 2.92. The van der Waals surface area contributed by atoms with Crippen LogP contribution in [0.5, 0.6) is 5.88 Å². The number of rotatable bonds is 5. The van der Waals surface area contributed by atoms with Gasteiger partial charge in [-0.15, -0.1) is 0 Å². The summed E-state index contributed by atoms with van der Waals surface area (Å²) in [6.45, 7) is 2.58. The van der Waals surface area contributed by atoms with Gasteiger partial charge in [0.1, 0.15) is 0 Å². The zero-order valence-corrected chi connectivity index (χ0v) is 11.4. The fourth-order valence-electron chi connectivity index (χ4n) is 1.72. The van der Waals surface area contributed by atoms with E-state index >= 15 is 0 Å². The highest BCUT2D eigenvalue weighted by molar-refractivity contribution is 5.89.